The van der Waals surface area contributed by atoms with Gasteiger partial charge in [0.05, 0.1) is 18.7 Å². The highest BCUT2D eigenvalue weighted by Crippen LogP contribution is 2.37. The predicted molar refractivity (Wildman–Crippen MR) is 121 cm³/mol. The van der Waals surface area contributed by atoms with E-state index in [1.807, 2.05) is 36.1 Å². The first-order chi connectivity index (χ1) is 15.0. The van der Waals surface area contributed by atoms with Crippen LogP contribution in [0.5, 0.6) is 5.75 Å². The molecular weight excluding hydrogens is 415 g/mol. The Balaban J connectivity index is 1.79. The Bertz CT molecular complexity index is 1140. The lowest BCUT2D eigenvalue weighted by Gasteiger charge is -2.36. The highest BCUT2D eigenvalue weighted by atomic mass is 32.1. The molecule has 0 bridgehead atoms. The number of ether oxygens (including phenoxy) is 1. The molecule has 31 heavy (non-hydrogen) atoms. The number of hydrogen-bond donors (Lipinski definition) is 1. The number of nitrogens with one attached hydrogen (secondary N) is 1. The summed E-state index contributed by atoms with van der Waals surface area (Å²) in [6, 6.07) is 13.4. The van der Waals surface area contributed by atoms with Crippen LogP contribution in [0.1, 0.15) is 24.4 Å². The summed E-state index contributed by atoms with van der Waals surface area (Å²) in [4.78, 5) is 6.52. The zero-order valence-electron chi connectivity index (χ0n) is 17.1. The largest absolute Gasteiger partial charge is 0.497 e. The van der Waals surface area contributed by atoms with Crippen molar-refractivity contribution < 1.29 is 13.7 Å². The van der Waals surface area contributed by atoms with E-state index in [9.17, 15) is 4.39 Å². The van der Waals surface area contributed by atoms with E-state index >= 15 is 0 Å². The van der Waals surface area contributed by atoms with Gasteiger partial charge < -0.3 is 19.5 Å². The van der Waals surface area contributed by atoms with Gasteiger partial charge in [-0.15, -0.1) is 6.58 Å². The number of benzene rings is 2. The maximum atomic E-state index is 13.3. The van der Waals surface area contributed by atoms with Crippen molar-refractivity contribution in [3.63, 3.8) is 0 Å². The molecule has 2 heterocycles. The van der Waals surface area contributed by atoms with Crippen LogP contribution in [0.15, 0.2) is 71.4 Å². The lowest BCUT2D eigenvalue weighted by molar-refractivity contribution is 0.399. The molecule has 2 aromatic carbocycles. The first-order valence-electron chi connectivity index (χ1n) is 9.65. The fraction of sp³-hybridized carbons (Fsp3) is 0.174. The van der Waals surface area contributed by atoms with Crippen LogP contribution in [0, 0.1) is 5.82 Å². The molecule has 0 fully saturated rings. The standard InChI is InChI=1S/C23H21FN4O2S/c1-4-13-28-14(2)19(20(25-23(28)31)15-7-11-18(29-3)12-8-15)22-26-21(27-30-22)16-5-9-17(24)10-6-16/h4-12,20H,1,13H2,2-3H3,(H,25,31). The molecule has 6 nitrogen and oxygen atoms in total. The van der Waals surface area contributed by atoms with Crippen molar-refractivity contribution >= 4 is 22.9 Å². The number of halogens is 1. The minimum Gasteiger partial charge on any atom is -0.497 e. The highest BCUT2D eigenvalue weighted by molar-refractivity contribution is 7.80. The van der Waals surface area contributed by atoms with Gasteiger partial charge in [0.25, 0.3) is 5.89 Å². The molecular formula is C23H21FN4O2S. The zero-order chi connectivity index (χ0) is 22.0. The first-order valence-corrected chi connectivity index (χ1v) is 10.1. The Labute approximate surface area is 185 Å². The molecule has 4 rings (SSSR count). The second kappa shape index (κ2) is 8.69. The smallest absolute Gasteiger partial charge is 0.258 e. The fourth-order valence-electron chi connectivity index (χ4n) is 3.50. The number of aromatic nitrogens is 2. The monoisotopic (exact) mass is 436 g/mol. The highest BCUT2D eigenvalue weighted by Gasteiger charge is 2.33. The molecule has 0 aliphatic carbocycles. The Morgan fingerprint density at radius 3 is 2.58 bits per heavy atom. The Morgan fingerprint density at radius 1 is 1.23 bits per heavy atom. The van der Waals surface area contributed by atoms with Crippen molar-refractivity contribution in [3.05, 3.63) is 84.2 Å². The molecule has 0 amide bonds. The Morgan fingerprint density at radius 2 is 1.94 bits per heavy atom. The van der Waals surface area contributed by atoms with E-state index in [2.05, 4.69) is 22.0 Å². The summed E-state index contributed by atoms with van der Waals surface area (Å²) in [5.41, 5.74) is 3.33. The second-order valence-corrected chi connectivity index (χ2v) is 7.37. The number of thiocarbonyl (C=S) groups is 1. The van der Waals surface area contributed by atoms with Crippen molar-refractivity contribution in [2.45, 2.75) is 13.0 Å². The van der Waals surface area contributed by atoms with Gasteiger partial charge >= 0.3 is 0 Å². The molecule has 0 saturated carbocycles. The van der Waals surface area contributed by atoms with Crippen LogP contribution in [0.3, 0.4) is 0 Å². The van der Waals surface area contributed by atoms with Crippen molar-refractivity contribution in [1.29, 1.82) is 0 Å². The number of hydrogen-bond acceptors (Lipinski definition) is 5. The average Bonchev–Trinajstić information content (AvgIpc) is 3.26. The minimum absolute atomic E-state index is 0.291. The molecule has 1 aliphatic heterocycles. The van der Waals surface area contributed by atoms with Crippen molar-refractivity contribution in [1.82, 2.24) is 20.4 Å². The zero-order valence-corrected chi connectivity index (χ0v) is 17.9. The SMILES string of the molecule is C=CCN1C(=S)NC(c2ccc(OC)cc2)C(c2nc(-c3ccc(F)cc3)no2)=C1C. The summed E-state index contributed by atoms with van der Waals surface area (Å²) in [5, 5.41) is 8.07. The van der Waals surface area contributed by atoms with Crippen LogP contribution in [0.4, 0.5) is 4.39 Å². The van der Waals surface area contributed by atoms with Crippen molar-refractivity contribution in [2.24, 2.45) is 0 Å². The van der Waals surface area contributed by atoms with Gasteiger partial charge in [-0.1, -0.05) is 23.4 Å². The van der Waals surface area contributed by atoms with E-state index in [-0.39, 0.29) is 11.9 Å². The molecule has 1 atom stereocenters. The van der Waals surface area contributed by atoms with E-state index in [0.717, 1.165) is 22.6 Å². The molecule has 0 radical (unpaired) electrons. The number of nitrogens with zero attached hydrogens (tertiary/aromatic N) is 3. The molecule has 1 aromatic heterocycles. The van der Waals surface area contributed by atoms with Crippen LogP contribution in [-0.2, 0) is 0 Å². The van der Waals surface area contributed by atoms with Gasteiger partial charge in [0.2, 0.25) is 5.82 Å². The third-order valence-corrected chi connectivity index (χ3v) is 5.45. The first kappa shape index (κ1) is 20.7. The van der Waals surface area contributed by atoms with Crippen LogP contribution in [0.25, 0.3) is 17.0 Å². The van der Waals surface area contributed by atoms with Gasteiger partial charge in [-0.2, -0.15) is 4.98 Å². The maximum Gasteiger partial charge on any atom is 0.258 e. The summed E-state index contributed by atoms with van der Waals surface area (Å²) in [7, 11) is 1.63. The Hall–Kier alpha value is -3.52. The van der Waals surface area contributed by atoms with Gasteiger partial charge in [0.15, 0.2) is 5.11 Å². The summed E-state index contributed by atoms with van der Waals surface area (Å²) in [6.07, 6.45) is 1.78. The summed E-state index contributed by atoms with van der Waals surface area (Å²) < 4.78 is 24.2. The number of allylic oxidation sites excluding steroid dienone is 1. The molecule has 1 N–H and O–H groups in total. The van der Waals surface area contributed by atoms with E-state index in [1.165, 1.54) is 12.1 Å². The predicted octanol–water partition coefficient (Wildman–Crippen LogP) is 4.73. The van der Waals surface area contributed by atoms with Crippen LogP contribution >= 0.6 is 12.2 Å². The van der Waals surface area contributed by atoms with Crippen LogP contribution < -0.4 is 10.1 Å². The van der Waals surface area contributed by atoms with E-state index in [0.29, 0.717) is 28.9 Å². The summed E-state index contributed by atoms with van der Waals surface area (Å²) >= 11 is 5.60. The summed E-state index contributed by atoms with van der Waals surface area (Å²) in [5.74, 6) is 1.18. The van der Waals surface area contributed by atoms with E-state index in [1.54, 1.807) is 25.3 Å². The molecule has 1 unspecified atom stereocenters. The quantitative estimate of drug-likeness (QED) is 0.443. The van der Waals surface area contributed by atoms with E-state index < -0.39 is 0 Å². The average molecular weight is 437 g/mol. The maximum absolute atomic E-state index is 13.3. The van der Waals surface area contributed by atoms with Gasteiger partial charge in [-0.25, -0.2) is 4.39 Å². The van der Waals surface area contributed by atoms with Gasteiger partial charge in [0.1, 0.15) is 11.6 Å². The van der Waals surface area contributed by atoms with Crippen LogP contribution in [-0.4, -0.2) is 33.8 Å². The molecule has 0 spiro atoms. The lowest BCUT2D eigenvalue weighted by atomic mass is 9.94. The fourth-order valence-corrected chi connectivity index (χ4v) is 3.83. The molecule has 3 aromatic rings. The summed E-state index contributed by atoms with van der Waals surface area (Å²) in [6.45, 7) is 6.32. The third-order valence-electron chi connectivity index (χ3n) is 5.12. The topological polar surface area (TPSA) is 63.4 Å². The van der Waals surface area contributed by atoms with Crippen LogP contribution in [0.2, 0.25) is 0 Å². The molecule has 8 heteroatoms. The second-order valence-electron chi connectivity index (χ2n) is 6.98. The number of rotatable bonds is 6. The lowest BCUT2D eigenvalue weighted by Crippen LogP contribution is -2.45. The van der Waals surface area contributed by atoms with Crippen molar-refractivity contribution in [3.8, 4) is 17.1 Å². The number of methoxy groups -OCH3 is 1. The molecule has 1 aliphatic rings. The Kier molecular flexibility index (Phi) is 5.81. The van der Waals surface area contributed by atoms with Crippen molar-refractivity contribution in [2.75, 3.05) is 13.7 Å². The third kappa shape index (κ3) is 4.06. The van der Waals surface area contributed by atoms with Gasteiger partial charge in [-0.3, -0.25) is 0 Å². The van der Waals surface area contributed by atoms with Gasteiger partial charge in [-0.05, 0) is 61.1 Å². The molecule has 158 valence electrons. The normalized spacial score (nSPS) is 16.3. The van der Waals surface area contributed by atoms with E-state index in [4.69, 9.17) is 21.5 Å². The molecule has 0 saturated heterocycles. The minimum atomic E-state index is -0.323. The van der Waals surface area contributed by atoms with Gasteiger partial charge in [0, 0.05) is 17.8 Å².